The minimum absolute atomic E-state index is 0.484. The number of thioether (sulfide) groups is 1. The molecule has 0 bridgehead atoms. The van der Waals surface area contributed by atoms with Gasteiger partial charge in [0.1, 0.15) is 0 Å². The van der Waals surface area contributed by atoms with Gasteiger partial charge in [-0.25, -0.2) is 0 Å². The molecule has 122 valence electrons. The first-order valence-electron chi connectivity index (χ1n) is 9.29. The minimum Gasteiger partial charge on any atom is -0.378 e. The Labute approximate surface area is 135 Å². The van der Waals surface area contributed by atoms with E-state index in [9.17, 15) is 0 Å². The van der Waals surface area contributed by atoms with Gasteiger partial charge in [0.25, 0.3) is 0 Å². The highest BCUT2D eigenvalue weighted by molar-refractivity contribution is 7.99. The normalized spacial score (nSPS) is 38.6. The van der Waals surface area contributed by atoms with Gasteiger partial charge >= 0.3 is 0 Å². The van der Waals surface area contributed by atoms with Gasteiger partial charge in [-0.1, -0.05) is 32.6 Å². The van der Waals surface area contributed by atoms with Gasteiger partial charge in [-0.15, -0.1) is 0 Å². The zero-order chi connectivity index (χ0) is 14.7. The molecule has 3 aliphatic rings. The van der Waals surface area contributed by atoms with Crippen molar-refractivity contribution in [3.63, 3.8) is 0 Å². The molecule has 0 amide bonds. The second kappa shape index (κ2) is 7.23. The lowest BCUT2D eigenvalue weighted by atomic mass is 9.55. The quantitative estimate of drug-likeness (QED) is 0.786. The van der Waals surface area contributed by atoms with Crippen molar-refractivity contribution in [2.75, 3.05) is 12.4 Å². The van der Waals surface area contributed by atoms with Crippen molar-refractivity contribution in [1.82, 2.24) is 5.32 Å². The highest BCUT2D eigenvalue weighted by Crippen LogP contribution is 2.53. The fourth-order valence-electron chi connectivity index (χ4n) is 5.09. The molecule has 1 N–H and O–H groups in total. The Bertz CT molecular complexity index is 329. The van der Waals surface area contributed by atoms with Crippen molar-refractivity contribution in [2.45, 2.75) is 95.1 Å². The molecule has 3 rings (SSSR count). The highest BCUT2D eigenvalue weighted by atomic mass is 32.2. The Hall–Kier alpha value is 0.270. The summed E-state index contributed by atoms with van der Waals surface area (Å²) in [6.45, 7) is 5.34. The molecule has 4 atom stereocenters. The third-order valence-electron chi connectivity index (χ3n) is 6.19. The van der Waals surface area contributed by atoms with Crippen molar-refractivity contribution in [3.05, 3.63) is 0 Å². The maximum absolute atomic E-state index is 6.09. The first-order chi connectivity index (χ1) is 10.3. The summed E-state index contributed by atoms with van der Waals surface area (Å²) < 4.78 is 6.09. The molecular formula is C18H33NOS. The molecule has 0 aromatic heterocycles. The molecule has 3 fully saturated rings. The van der Waals surface area contributed by atoms with E-state index in [0.717, 1.165) is 23.9 Å². The molecule has 3 saturated carbocycles. The summed E-state index contributed by atoms with van der Waals surface area (Å²) in [6.07, 6.45) is 13.1. The van der Waals surface area contributed by atoms with Crippen LogP contribution in [-0.4, -0.2) is 35.8 Å². The van der Waals surface area contributed by atoms with E-state index in [1.807, 2.05) is 0 Å². The summed E-state index contributed by atoms with van der Waals surface area (Å²) in [5, 5.41) is 4.96. The summed E-state index contributed by atoms with van der Waals surface area (Å²) in [5.74, 6) is 1.26. The van der Waals surface area contributed by atoms with Crippen molar-refractivity contribution in [3.8, 4) is 0 Å². The maximum atomic E-state index is 6.09. The van der Waals surface area contributed by atoms with Gasteiger partial charge in [-0.2, -0.15) is 11.8 Å². The van der Waals surface area contributed by atoms with E-state index in [1.54, 1.807) is 0 Å². The van der Waals surface area contributed by atoms with Gasteiger partial charge in [0.2, 0.25) is 0 Å². The Morgan fingerprint density at radius 2 is 1.90 bits per heavy atom. The molecule has 0 aromatic carbocycles. The number of ether oxygens (including phenoxy) is 1. The van der Waals surface area contributed by atoms with Crippen LogP contribution in [0.3, 0.4) is 0 Å². The molecule has 0 heterocycles. The monoisotopic (exact) mass is 311 g/mol. The number of nitrogens with one attached hydrogen (secondary N) is 1. The predicted molar refractivity (Wildman–Crippen MR) is 92.0 cm³/mol. The summed E-state index contributed by atoms with van der Waals surface area (Å²) in [6, 6.07) is 1.50. The van der Waals surface area contributed by atoms with Crippen LogP contribution in [0.5, 0.6) is 0 Å². The maximum Gasteiger partial charge on any atom is 0.0661 e. The van der Waals surface area contributed by atoms with Crippen LogP contribution in [0.2, 0.25) is 0 Å². The Morgan fingerprint density at radius 1 is 1.10 bits per heavy atom. The van der Waals surface area contributed by atoms with Crippen molar-refractivity contribution >= 4 is 11.8 Å². The Morgan fingerprint density at radius 3 is 2.62 bits per heavy atom. The second-order valence-electron chi connectivity index (χ2n) is 7.22. The van der Waals surface area contributed by atoms with Crippen LogP contribution in [-0.2, 0) is 4.74 Å². The van der Waals surface area contributed by atoms with E-state index in [-0.39, 0.29) is 0 Å². The number of rotatable bonds is 6. The molecule has 3 heteroatoms. The average Bonchev–Trinajstić information content (AvgIpc) is 2.95. The first kappa shape index (κ1) is 16.1. The standard InChI is InChI=1S/C18H33NOS/c1-3-20-17-13-16(18(17)11-6-5-7-12-18)19-14-9-8-10-15(14)21-4-2/h14-17,19H,3-13H2,1-2H3. The molecule has 1 spiro atoms. The van der Waals surface area contributed by atoms with Gasteiger partial charge in [0.05, 0.1) is 6.10 Å². The smallest absolute Gasteiger partial charge is 0.0661 e. The lowest BCUT2D eigenvalue weighted by molar-refractivity contribution is -0.151. The SMILES string of the molecule is CCOC1CC(NC2CCCC2SCC)C12CCCCC2. The van der Waals surface area contributed by atoms with E-state index >= 15 is 0 Å². The lowest BCUT2D eigenvalue weighted by Gasteiger charge is -2.58. The summed E-state index contributed by atoms with van der Waals surface area (Å²) in [7, 11) is 0. The minimum atomic E-state index is 0.484. The average molecular weight is 312 g/mol. The zero-order valence-electron chi connectivity index (χ0n) is 13.9. The van der Waals surface area contributed by atoms with Crippen LogP contribution < -0.4 is 5.32 Å². The fourth-order valence-corrected chi connectivity index (χ4v) is 6.29. The molecule has 4 unspecified atom stereocenters. The van der Waals surface area contributed by atoms with Gasteiger partial charge in [0, 0.05) is 29.4 Å². The van der Waals surface area contributed by atoms with E-state index in [4.69, 9.17) is 4.74 Å². The molecular weight excluding hydrogens is 278 g/mol. The van der Waals surface area contributed by atoms with Crippen molar-refractivity contribution < 1.29 is 4.74 Å². The second-order valence-corrected chi connectivity index (χ2v) is 8.74. The lowest BCUT2D eigenvalue weighted by Crippen LogP contribution is -2.66. The van der Waals surface area contributed by atoms with Crippen LogP contribution in [0.4, 0.5) is 0 Å². The zero-order valence-corrected chi connectivity index (χ0v) is 14.7. The largest absolute Gasteiger partial charge is 0.378 e. The number of hydrogen-bond donors (Lipinski definition) is 1. The van der Waals surface area contributed by atoms with E-state index in [0.29, 0.717) is 11.5 Å². The van der Waals surface area contributed by atoms with E-state index in [1.165, 1.54) is 63.5 Å². The first-order valence-corrected chi connectivity index (χ1v) is 10.3. The Balaban J connectivity index is 1.62. The van der Waals surface area contributed by atoms with Crippen LogP contribution in [0.15, 0.2) is 0 Å². The van der Waals surface area contributed by atoms with Crippen LogP contribution in [0.25, 0.3) is 0 Å². The molecule has 0 saturated heterocycles. The van der Waals surface area contributed by atoms with Crippen LogP contribution >= 0.6 is 11.8 Å². The Kier molecular flexibility index (Phi) is 5.55. The summed E-state index contributed by atoms with van der Waals surface area (Å²) in [4.78, 5) is 0. The van der Waals surface area contributed by atoms with Gasteiger partial charge in [-0.05, 0) is 44.8 Å². The van der Waals surface area contributed by atoms with Crippen molar-refractivity contribution in [1.29, 1.82) is 0 Å². The van der Waals surface area contributed by atoms with Gasteiger partial charge in [-0.3, -0.25) is 0 Å². The molecule has 21 heavy (non-hydrogen) atoms. The molecule has 0 aromatic rings. The molecule has 2 nitrogen and oxygen atoms in total. The van der Waals surface area contributed by atoms with E-state index in [2.05, 4.69) is 30.9 Å². The molecule has 3 aliphatic carbocycles. The molecule has 0 aliphatic heterocycles. The molecule has 0 radical (unpaired) electrons. The fraction of sp³-hybridized carbons (Fsp3) is 1.00. The van der Waals surface area contributed by atoms with Crippen LogP contribution in [0, 0.1) is 5.41 Å². The number of hydrogen-bond acceptors (Lipinski definition) is 3. The van der Waals surface area contributed by atoms with E-state index < -0.39 is 0 Å². The summed E-state index contributed by atoms with van der Waals surface area (Å²) in [5.41, 5.74) is 0.484. The summed E-state index contributed by atoms with van der Waals surface area (Å²) >= 11 is 2.18. The highest BCUT2D eigenvalue weighted by Gasteiger charge is 2.56. The van der Waals surface area contributed by atoms with Gasteiger partial charge in [0.15, 0.2) is 0 Å². The topological polar surface area (TPSA) is 21.3 Å². The third-order valence-corrected chi connectivity index (χ3v) is 7.51. The predicted octanol–water partition coefficient (Wildman–Crippen LogP) is 4.38. The van der Waals surface area contributed by atoms with Gasteiger partial charge < -0.3 is 10.1 Å². The third kappa shape index (κ3) is 3.16. The van der Waals surface area contributed by atoms with Crippen LogP contribution in [0.1, 0.15) is 71.6 Å². The van der Waals surface area contributed by atoms with Crippen molar-refractivity contribution in [2.24, 2.45) is 5.41 Å².